The van der Waals surface area contributed by atoms with Crippen molar-refractivity contribution in [1.82, 2.24) is 4.57 Å². The van der Waals surface area contributed by atoms with Crippen LogP contribution < -0.4 is 9.54 Å². The fourth-order valence-electron chi connectivity index (χ4n) is 3.44. The molecule has 0 fully saturated rings. The van der Waals surface area contributed by atoms with E-state index in [1.165, 1.54) is 18.4 Å². The molecule has 0 N–H and O–H groups in total. The third kappa shape index (κ3) is 3.84. The summed E-state index contributed by atoms with van der Waals surface area (Å²) in [5.41, 5.74) is 1.63. The molecule has 1 amide bonds. The van der Waals surface area contributed by atoms with Crippen LogP contribution in [0.2, 0.25) is 0 Å². The van der Waals surface area contributed by atoms with Crippen LogP contribution in [-0.4, -0.2) is 30.7 Å². The minimum absolute atomic E-state index is 0.0583. The van der Waals surface area contributed by atoms with E-state index in [1.54, 1.807) is 11.7 Å². The van der Waals surface area contributed by atoms with Crippen LogP contribution in [0, 0.1) is 0 Å². The molecule has 4 rings (SSSR count). The lowest BCUT2D eigenvalue weighted by Crippen LogP contribution is -2.23. The number of aromatic nitrogens is 1. The molecule has 6 nitrogen and oxygen atoms in total. The van der Waals surface area contributed by atoms with Crippen molar-refractivity contribution in [3.8, 4) is 5.75 Å². The lowest BCUT2D eigenvalue weighted by atomic mass is 10.0. The van der Waals surface area contributed by atoms with E-state index in [2.05, 4.69) is 4.99 Å². The van der Waals surface area contributed by atoms with E-state index in [9.17, 15) is 9.59 Å². The molecule has 0 saturated carbocycles. The number of fused-ring (bicyclic) bond motifs is 2. The average molecular weight is 420 g/mol. The molecule has 0 aliphatic heterocycles. The van der Waals surface area contributed by atoms with Gasteiger partial charge < -0.3 is 14.0 Å². The summed E-state index contributed by atoms with van der Waals surface area (Å²) in [6, 6.07) is 19.4. The third-order valence-electron chi connectivity index (χ3n) is 4.84. The van der Waals surface area contributed by atoms with Gasteiger partial charge in [0, 0.05) is 0 Å². The van der Waals surface area contributed by atoms with Crippen LogP contribution in [0.1, 0.15) is 5.56 Å². The molecular weight excluding hydrogens is 400 g/mol. The van der Waals surface area contributed by atoms with Crippen LogP contribution >= 0.6 is 11.3 Å². The summed E-state index contributed by atoms with van der Waals surface area (Å²) < 4.78 is 12.8. The highest BCUT2D eigenvalue weighted by molar-refractivity contribution is 7.16. The molecule has 0 aliphatic carbocycles. The van der Waals surface area contributed by atoms with Crippen LogP contribution in [0.15, 0.2) is 65.7 Å². The summed E-state index contributed by atoms with van der Waals surface area (Å²) in [5, 5.41) is 2.11. The minimum Gasteiger partial charge on any atom is -0.495 e. The van der Waals surface area contributed by atoms with Crippen LogP contribution in [0.25, 0.3) is 21.0 Å². The van der Waals surface area contributed by atoms with Crippen LogP contribution in [0.4, 0.5) is 0 Å². The molecule has 0 aliphatic rings. The van der Waals surface area contributed by atoms with Crippen LogP contribution in [0.5, 0.6) is 5.75 Å². The van der Waals surface area contributed by atoms with Gasteiger partial charge in [0.05, 0.1) is 25.3 Å². The average Bonchev–Trinajstić information content (AvgIpc) is 3.10. The number of esters is 1. The van der Waals surface area contributed by atoms with Gasteiger partial charge in [-0.25, -0.2) is 0 Å². The van der Waals surface area contributed by atoms with Gasteiger partial charge in [-0.3, -0.25) is 9.59 Å². The number of carbonyl (C=O) groups is 2. The molecular formula is C23H20N2O4S. The number of amides is 1. The standard InChI is InChI=1S/C23H20N2O4S/c1-28-18-11-6-12-19-22(18)25(14-21(27)29-2)23(30-19)24-20(26)13-16-9-5-8-15-7-3-4-10-17(15)16/h3-12H,13-14H2,1-2H3. The lowest BCUT2D eigenvalue weighted by molar-refractivity contribution is -0.141. The van der Waals surface area contributed by atoms with E-state index < -0.39 is 5.97 Å². The molecule has 30 heavy (non-hydrogen) atoms. The maximum Gasteiger partial charge on any atom is 0.325 e. The number of nitrogens with zero attached hydrogens (tertiary/aromatic N) is 2. The predicted molar refractivity (Wildman–Crippen MR) is 117 cm³/mol. The number of thiazole rings is 1. The van der Waals surface area contributed by atoms with Gasteiger partial charge in [-0.05, 0) is 28.5 Å². The van der Waals surface area contributed by atoms with E-state index >= 15 is 0 Å². The van der Waals surface area contributed by atoms with Gasteiger partial charge >= 0.3 is 5.97 Å². The molecule has 0 bridgehead atoms. The lowest BCUT2D eigenvalue weighted by Gasteiger charge is -2.07. The predicted octanol–water partition coefficient (Wildman–Crippen LogP) is 3.71. The summed E-state index contributed by atoms with van der Waals surface area (Å²) in [7, 11) is 2.90. The van der Waals surface area contributed by atoms with Gasteiger partial charge in [0.15, 0.2) is 4.80 Å². The Morgan fingerprint density at radius 2 is 1.77 bits per heavy atom. The van der Waals surface area contributed by atoms with Crippen molar-refractivity contribution in [2.45, 2.75) is 13.0 Å². The molecule has 0 unspecified atom stereocenters. The largest absolute Gasteiger partial charge is 0.495 e. The summed E-state index contributed by atoms with van der Waals surface area (Å²) in [4.78, 5) is 29.6. The first-order chi connectivity index (χ1) is 14.6. The molecule has 0 spiro atoms. The van der Waals surface area contributed by atoms with Crippen LogP contribution in [-0.2, 0) is 27.3 Å². The normalized spacial score (nSPS) is 11.7. The van der Waals surface area contributed by atoms with E-state index in [0.717, 1.165) is 21.0 Å². The second kappa shape index (κ2) is 8.51. The Bertz CT molecular complexity index is 1310. The summed E-state index contributed by atoms with van der Waals surface area (Å²) >= 11 is 1.34. The van der Waals surface area contributed by atoms with E-state index in [1.807, 2.05) is 60.7 Å². The Morgan fingerprint density at radius 3 is 2.57 bits per heavy atom. The van der Waals surface area contributed by atoms with Crippen molar-refractivity contribution in [3.05, 3.63) is 71.0 Å². The molecule has 7 heteroatoms. The maximum atomic E-state index is 12.8. The van der Waals surface area contributed by atoms with Gasteiger partial charge in [-0.1, -0.05) is 59.9 Å². The quantitative estimate of drug-likeness (QED) is 0.462. The summed E-state index contributed by atoms with van der Waals surface area (Å²) in [6.07, 6.45) is 0.172. The highest BCUT2D eigenvalue weighted by Crippen LogP contribution is 2.27. The monoisotopic (exact) mass is 420 g/mol. The molecule has 4 aromatic rings. The second-order valence-electron chi connectivity index (χ2n) is 6.67. The topological polar surface area (TPSA) is 69.9 Å². The Hall–Kier alpha value is -3.45. The molecule has 1 heterocycles. The number of methoxy groups -OCH3 is 2. The Kier molecular flexibility index (Phi) is 5.63. The van der Waals surface area contributed by atoms with Crippen molar-refractivity contribution >= 4 is 44.2 Å². The van der Waals surface area contributed by atoms with Gasteiger partial charge in [-0.2, -0.15) is 4.99 Å². The number of benzene rings is 3. The number of para-hydroxylation sites is 1. The molecule has 152 valence electrons. The fraction of sp³-hybridized carbons (Fsp3) is 0.174. The molecule has 0 atom stereocenters. The third-order valence-corrected chi connectivity index (χ3v) is 5.88. The number of hydrogen-bond donors (Lipinski definition) is 0. The first-order valence-electron chi connectivity index (χ1n) is 9.38. The first-order valence-corrected chi connectivity index (χ1v) is 10.2. The van der Waals surface area contributed by atoms with E-state index in [-0.39, 0.29) is 18.9 Å². The van der Waals surface area contributed by atoms with Gasteiger partial charge in [0.2, 0.25) is 0 Å². The Morgan fingerprint density at radius 1 is 1.00 bits per heavy atom. The highest BCUT2D eigenvalue weighted by atomic mass is 32.1. The number of ether oxygens (including phenoxy) is 2. The minimum atomic E-state index is -0.427. The van der Waals surface area contributed by atoms with Crippen molar-refractivity contribution in [1.29, 1.82) is 0 Å². The highest BCUT2D eigenvalue weighted by Gasteiger charge is 2.15. The fourth-order valence-corrected chi connectivity index (χ4v) is 4.51. The Balaban J connectivity index is 1.78. The maximum absolute atomic E-state index is 12.8. The first kappa shape index (κ1) is 19.8. The smallest absolute Gasteiger partial charge is 0.325 e. The SMILES string of the molecule is COC(=O)Cn1c(=NC(=O)Cc2cccc3ccccc23)sc2cccc(OC)c21. The molecule has 3 aromatic carbocycles. The zero-order valence-corrected chi connectivity index (χ0v) is 17.4. The van der Waals surface area contributed by atoms with Crippen molar-refractivity contribution < 1.29 is 19.1 Å². The van der Waals surface area contributed by atoms with Crippen molar-refractivity contribution in [3.63, 3.8) is 0 Å². The van der Waals surface area contributed by atoms with E-state index in [0.29, 0.717) is 16.1 Å². The van der Waals surface area contributed by atoms with Crippen molar-refractivity contribution in [2.75, 3.05) is 14.2 Å². The molecule has 1 aromatic heterocycles. The molecule has 0 saturated heterocycles. The summed E-state index contributed by atoms with van der Waals surface area (Å²) in [6.45, 7) is -0.0583. The zero-order chi connectivity index (χ0) is 21.1. The van der Waals surface area contributed by atoms with Gasteiger partial charge in [0.25, 0.3) is 5.91 Å². The number of rotatable bonds is 5. The van der Waals surface area contributed by atoms with E-state index in [4.69, 9.17) is 9.47 Å². The van der Waals surface area contributed by atoms with Gasteiger partial charge in [0.1, 0.15) is 17.8 Å². The number of carbonyl (C=O) groups excluding carboxylic acids is 2. The van der Waals surface area contributed by atoms with Gasteiger partial charge in [-0.15, -0.1) is 0 Å². The van der Waals surface area contributed by atoms with Crippen LogP contribution in [0.3, 0.4) is 0 Å². The zero-order valence-electron chi connectivity index (χ0n) is 16.6. The molecule has 0 radical (unpaired) electrons. The van der Waals surface area contributed by atoms with Crippen molar-refractivity contribution in [2.24, 2.45) is 4.99 Å². The Labute approximate surface area is 177 Å². The number of hydrogen-bond acceptors (Lipinski definition) is 5. The summed E-state index contributed by atoms with van der Waals surface area (Å²) in [5.74, 6) is -0.102. The second-order valence-corrected chi connectivity index (χ2v) is 7.68.